The molecule has 1 heterocycles. The summed E-state index contributed by atoms with van der Waals surface area (Å²) in [4.78, 5) is 37.6. The Bertz CT molecular complexity index is 1530. The van der Waals surface area contributed by atoms with Gasteiger partial charge in [-0.25, -0.2) is 14.8 Å². The van der Waals surface area contributed by atoms with Gasteiger partial charge in [-0.1, -0.05) is 67.0 Å². The predicted octanol–water partition coefficient (Wildman–Crippen LogP) is 6.73. The number of para-hydroxylation sites is 1. The zero-order chi connectivity index (χ0) is 32.4. The number of halogens is 2. The number of ether oxygens (including phenoxy) is 3. The quantitative estimate of drug-likeness (QED) is 0.0996. The highest BCUT2D eigenvalue weighted by Crippen LogP contribution is 2.46. The van der Waals surface area contributed by atoms with E-state index < -0.39 is 20.0 Å². The van der Waals surface area contributed by atoms with Crippen LogP contribution in [0.25, 0.3) is 0 Å². The van der Waals surface area contributed by atoms with E-state index in [0.717, 1.165) is 11.6 Å². The van der Waals surface area contributed by atoms with Crippen molar-refractivity contribution in [1.82, 2.24) is 9.97 Å². The molecule has 0 spiro atoms. The van der Waals surface area contributed by atoms with Gasteiger partial charge in [0, 0.05) is 46.0 Å². The zero-order valence-corrected chi connectivity index (χ0v) is 28.5. The molecule has 0 unspecified atom stereocenters. The number of aromatic nitrogens is 2. The Morgan fingerprint density at radius 1 is 1.02 bits per heavy atom. The van der Waals surface area contributed by atoms with Gasteiger partial charge in [0.05, 0.1) is 25.6 Å². The molecule has 10 nitrogen and oxygen atoms in total. The third kappa shape index (κ3) is 9.09. The van der Waals surface area contributed by atoms with Gasteiger partial charge < -0.3 is 19.5 Å². The molecule has 3 amide bonds. The minimum atomic E-state index is -1.40. The fraction of sp³-hybridized carbons (Fsp3) is 0.355. The van der Waals surface area contributed by atoms with Gasteiger partial charge in [-0.2, -0.15) is 0 Å². The number of hydrogen-bond donors (Lipinski definition) is 1. The average Bonchev–Trinajstić information content (AvgIpc) is 2.98. The Kier molecular flexibility index (Phi) is 12.4. The molecule has 0 atom stereocenters. The zero-order valence-electron chi connectivity index (χ0n) is 26.0. The van der Waals surface area contributed by atoms with Crippen molar-refractivity contribution in [3.8, 4) is 23.3 Å². The summed E-state index contributed by atoms with van der Waals surface area (Å²) in [6, 6.07) is 11.0. The molecule has 234 valence electrons. The number of carbonyl (C=O) groups is 2. The second-order valence-electron chi connectivity index (χ2n) is 10.9. The largest absolute Gasteiger partial charge is 0.495 e. The first-order chi connectivity index (χ1) is 20.9. The molecule has 3 rings (SSSR count). The van der Waals surface area contributed by atoms with Crippen LogP contribution in [0.15, 0.2) is 42.7 Å². The Morgan fingerprint density at radius 3 is 2.30 bits per heavy atom. The maximum atomic E-state index is 14.1. The van der Waals surface area contributed by atoms with Crippen LogP contribution < -0.4 is 24.6 Å². The lowest BCUT2D eigenvalue weighted by Crippen LogP contribution is -2.43. The Balaban J connectivity index is 1.95. The van der Waals surface area contributed by atoms with Crippen LogP contribution in [0.4, 0.5) is 22.0 Å². The fourth-order valence-corrected chi connectivity index (χ4v) is 5.52. The van der Waals surface area contributed by atoms with Crippen LogP contribution in [0.3, 0.4) is 0 Å². The number of hydrogen-bond acceptors (Lipinski definition) is 7. The highest BCUT2D eigenvalue weighted by Gasteiger charge is 2.30. The number of methoxy groups -OCH3 is 2. The molecule has 3 aromatic rings. The fourth-order valence-electron chi connectivity index (χ4n) is 4.06. The molecule has 0 aliphatic rings. The summed E-state index contributed by atoms with van der Waals surface area (Å²) in [7, 11) is 3.11. The number of carbonyl (C=O) groups excluding carboxylic acids is 2. The van der Waals surface area contributed by atoms with Crippen molar-refractivity contribution < 1.29 is 23.8 Å². The van der Waals surface area contributed by atoms with Crippen LogP contribution in [0.1, 0.15) is 18.2 Å². The molecule has 0 aliphatic carbocycles. The van der Waals surface area contributed by atoms with Gasteiger partial charge in [-0.3, -0.25) is 14.6 Å². The summed E-state index contributed by atoms with van der Waals surface area (Å²) < 4.78 is 16.9. The topological polar surface area (TPSA) is 106 Å². The monoisotopic (exact) mass is 657 g/mol. The van der Waals surface area contributed by atoms with Gasteiger partial charge in [-0.15, -0.1) is 0 Å². The van der Waals surface area contributed by atoms with Crippen molar-refractivity contribution in [2.75, 3.05) is 49.7 Å². The number of anilines is 3. The molecule has 2 aromatic carbocycles. The maximum absolute atomic E-state index is 14.1. The average molecular weight is 659 g/mol. The normalized spacial score (nSPS) is 10.8. The van der Waals surface area contributed by atoms with Crippen LogP contribution in [0, 0.1) is 11.8 Å². The van der Waals surface area contributed by atoms with Crippen LogP contribution in [0.5, 0.6) is 11.5 Å². The number of nitrogens with zero attached hydrogens (tertiary/aromatic N) is 4. The molecular weight excluding hydrogens is 621 g/mol. The minimum absolute atomic E-state index is 0.128. The van der Waals surface area contributed by atoms with E-state index in [1.165, 1.54) is 30.3 Å². The number of benzene rings is 2. The van der Waals surface area contributed by atoms with E-state index in [-0.39, 0.29) is 34.0 Å². The molecule has 0 saturated heterocycles. The van der Waals surface area contributed by atoms with Crippen molar-refractivity contribution in [3.63, 3.8) is 0 Å². The highest BCUT2D eigenvalue weighted by atomic mass is 35.5. The molecule has 44 heavy (non-hydrogen) atoms. The van der Waals surface area contributed by atoms with Gasteiger partial charge >= 0.3 is 6.03 Å². The molecule has 0 bridgehead atoms. The molecule has 0 aliphatic heterocycles. The van der Waals surface area contributed by atoms with Crippen LogP contribution in [-0.2, 0) is 16.0 Å². The van der Waals surface area contributed by atoms with Crippen molar-refractivity contribution in [3.05, 3.63) is 64.0 Å². The molecule has 0 radical (unpaired) electrons. The van der Waals surface area contributed by atoms with E-state index in [1.807, 2.05) is 18.2 Å². The van der Waals surface area contributed by atoms with E-state index in [4.69, 9.17) is 37.4 Å². The van der Waals surface area contributed by atoms with Gasteiger partial charge in [0.1, 0.15) is 40.4 Å². The lowest BCUT2D eigenvalue weighted by atomic mass is 10.1. The predicted molar refractivity (Wildman–Crippen MR) is 178 cm³/mol. The van der Waals surface area contributed by atoms with Crippen LogP contribution in [0.2, 0.25) is 35.7 Å². The summed E-state index contributed by atoms with van der Waals surface area (Å²) in [5.41, 5.74) is 2.23. The highest BCUT2D eigenvalue weighted by molar-refractivity contribution is 6.76. The van der Waals surface area contributed by atoms with Gasteiger partial charge in [0.2, 0.25) is 0 Å². The van der Waals surface area contributed by atoms with E-state index in [9.17, 15) is 9.59 Å². The first-order valence-electron chi connectivity index (χ1n) is 13.8. The van der Waals surface area contributed by atoms with Crippen molar-refractivity contribution in [1.29, 1.82) is 0 Å². The molecule has 1 aromatic heterocycles. The van der Waals surface area contributed by atoms with E-state index in [0.29, 0.717) is 30.2 Å². The van der Waals surface area contributed by atoms with Gasteiger partial charge in [-0.05, 0) is 30.5 Å². The smallest absolute Gasteiger partial charge is 0.331 e. The lowest BCUT2D eigenvalue weighted by Gasteiger charge is -2.30. The molecular formula is C31H37Cl2N5O5Si. The minimum Gasteiger partial charge on any atom is -0.495 e. The number of amides is 3. The van der Waals surface area contributed by atoms with Crippen molar-refractivity contribution >= 4 is 60.4 Å². The lowest BCUT2D eigenvalue weighted by molar-refractivity contribution is -0.111. The third-order valence-corrected chi connectivity index (χ3v) is 8.92. The molecule has 0 saturated carbocycles. The number of urea groups is 1. The van der Waals surface area contributed by atoms with E-state index in [2.05, 4.69) is 46.8 Å². The van der Waals surface area contributed by atoms with Gasteiger partial charge in [0.15, 0.2) is 0 Å². The first kappa shape index (κ1) is 34.7. The molecule has 13 heteroatoms. The second kappa shape index (κ2) is 15.8. The second-order valence-corrected chi connectivity index (χ2v) is 17.3. The SMILES string of the molecule is CC#CC(=O)Nc1ccccc1Cc1cc(N(C)C(=O)N(COCC[Si](C)(C)C)c2c(Cl)c(OC)cc(OC)c2Cl)ncn1. The van der Waals surface area contributed by atoms with Crippen molar-refractivity contribution in [2.24, 2.45) is 0 Å². The van der Waals surface area contributed by atoms with E-state index >= 15 is 0 Å². The van der Waals surface area contributed by atoms with E-state index in [1.54, 1.807) is 32.2 Å². The Hall–Kier alpha value is -3.82. The third-order valence-electron chi connectivity index (χ3n) is 6.48. The summed E-state index contributed by atoms with van der Waals surface area (Å²) in [5.74, 6) is 5.55. The molecule has 1 N–H and O–H groups in total. The number of nitrogens with one attached hydrogen (secondary N) is 1. The summed E-state index contributed by atoms with van der Waals surface area (Å²) in [6.07, 6.45) is 1.74. The molecule has 0 fully saturated rings. The summed E-state index contributed by atoms with van der Waals surface area (Å²) >= 11 is 13.4. The first-order valence-corrected chi connectivity index (χ1v) is 18.2. The van der Waals surface area contributed by atoms with Gasteiger partial charge in [0.25, 0.3) is 5.91 Å². The van der Waals surface area contributed by atoms with Crippen LogP contribution >= 0.6 is 23.2 Å². The standard InChI is InChI=1S/C31H37Cl2N5O5Si/c1-8-11-27(39)36-23-13-10-9-12-21(23)16-22-17-26(35-19-34-22)37(2)31(40)38(20-43-14-15-44(5,6)7)30-28(32)24(41-3)18-25(42-4)29(30)33/h9-10,12-13,17-19H,14-16,20H2,1-7H3,(H,36,39). The number of rotatable bonds is 12. The summed E-state index contributed by atoms with van der Waals surface area (Å²) in [6.45, 7) is 8.65. The maximum Gasteiger partial charge on any atom is 0.331 e. The Labute approximate surface area is 269 Å². The Morgan fingerprint density at radius 2 is 1.68 bits per heavy atom. The van der Waals surface area contributed by atoms with Crippen LogP contribution in [-0.4, -0.2) is 64.6 Å². The van der Waals surface area contributed by atoms with Crippen molar-refractivity contribution in [2.45, 2.75) is 39.0 Å². The summed E-state index contributed by atoms with van der Waals surface area (Å²) in [5, 5.41) is 3.06.